The maximum Gasteiger partial charge on any atom is 0.247 e. The van der Waals surface area contributed by atoms with Crippen molar-refractivity contribution in [2.24, 2.45) is 0 Å². The van der Waals surface area contributed by atoms with Gasteiger partial charge in [-0.2, -0.15) is 5.10 Å². The summed E-state index contributed by atoms with van der Waals surface area (Å²) in [6.07, 6.45) is 1.22. The van der Waals surface area contributed by atoms with E-state index in [1.165, 1.54) is 4.68 Å². The van der Waals surface area contributed by atoms with Crippen LogP contribution in [0.2, 0.25) is 0 Å². The molecule has 1 aromatic heterocycles. The second-order valence-corrected chi connectivity index (χ2v) is 6.70. The average molecular weight is 371 g/mol. The van der Waals surface area contributed by atoms with Crippen LogP contribution in [0.5, 0.6) is 5.75 Å². The summed E-state index contributed by atoms with van der Waals surface area (Å²) in [7, 11) is 0. The third-order valence-corrected chi connectivity index (χ3v) is 4.70. The summed E-state index contributed by atoms with van der Waals surface area (Å²) in [5.41, 5.74) is 3.57. The quantitative estimate of drug-likeness (QED) is 0.743. The van der Waals surface area contributed by atoms with Gasteiger partial charge in [-0.1, -0.05) is 13.8 Å². The van der Waals surface area contributed by atoms with Gasteiger partial charge in [0, 0.05) is 24.2 Å². The molecule has 1 atom stereocenters. The van der Waals surface area contributed by atoms with Crippen LogP contribution in [-0.2, 0) is 4.79 Å². The monoisotopic (exact) mass is 371 g/mol. The van der Waals surface area contributed by atoms with Gasteiger partial charge in [0.2, 0.25) is 11.8 Å². The Morgan fingerprint density at radius 2 is 1.81 bits per heavy atom. The standard InChI is InChI=1S/C21H29N3O3/c1-6-14(3)21-15(4)23-24(16(21)5)20(26)13-12-19(25)22-17-8-10-18(11-9-17)27-7-2/h8-11,14H,6-7,12-13H2,1-5H3,(H,22,25). The molecule has 27 heavy (non-hydrogen) atoms. The van der Waals surface area contributed by atoms with Crippen molar-refractivity contribution in [1.29, 1.82) is 0 Å². The Hall–Kier alpha value is -2.63. The highest BCUT2D eigenvalue weighted by Crippen LogP contribution is 2.25. The summed E-state index contributed by atoms with van der Waals surface area (Å²) in [5.74, 6) is 0.755. The zero-order valence-corrected chi connectivity index (χ0v) is 16.8. The molecule has 0 aliphatic heterocycles. The van der Waals surface area contributed by atoms with Crippen LogP contribution >= 0.6 is 0 Å². The first-order valence-corrected chi connectivity index (χ1v) is 9.49. The van der Waals surface area contributed by atoms with E-state index in [0.29, 0.717) is 18.2 Å². The Morgan fingerprint density at radius 1 is 1.15 bits per heavy atom. The minimum Gasteiger partial charge on any atom is -0.494 e. The van der Waals surface area contributed by atoms with Crippen molar-refractivity contribution in [2.45, 2.75) is 59.8 Å². The zero-order chi connectivity index (χ0) is 20.0. The molecule has 0 saturated heterocycles. The number of aromatic nitrogens is 2. The molecule has 0 aliphatic rings. The van der Waals surface area contributed by atoms with Gasteiger partial charge < -0.3 is 10.1 Å². The summed E-state index contributed by atoms with van der Waals surface area (Å²) < 4.78 is 6.82. The van der Waals surface area contributed by atoms with E-state index in [-0.39, 0.29) is 24.7 Å². The lowest BCUT2D eigenvalue weighted by Gasteiger charge is -2.10. The Morgan fingerprint density at radius 3 is 2.41 bits per heavy atom. The van der Waals surface area contributed by atoms with E-state index in [2.05, 4.69) is 24.3 Å². The summed E-state index contributed by atoms with van der Waals surface area (Å²) in [4.78, 5) is 24.7. The molecule has 6 nitrogen and oxygen atoms in total. The number of nitrogens with one attached hydrogen (secondary N) is 1. The number of amides is 1. The largest absolute Gasteiger partial charge is 0.494 e. The second kappa shape index (κ2) is 9.35. The number of rotatable bonds is 8. The van der Waals surface area contributed by atoms with E-state index in [1.807, 2.05) is 20.8 Å². The number of aryl methyl sites for hydroxylation is 1. The van der Waals surface area contributed by atoms with E-state index >= 15 is 0 Å². The van der Waals surface area contributed by atoms with Crippen LogP contribution in [0.15, 0.2) is 24.3 Å². The van der Waals surface area contributed by atoms with Crippen LogP contribution in [-0.4, -0.2) is 28.2 Å². The first-order valence-electron chi connectivity index (χ1n) is 9.49. The van der Waals surface area contributed by atoms with E-state index < -0.39 is 0 Å². The van der Waals surface area contributed by atoms with E-state index in [4.69, 9.17) is 4.74 Å². The van der Waals surface area contributed by atoms with Gasteiger partial charge in [0.25, 0.3) is 0 Å². The molecule has 1 heterocycles. The normalized spacial score (nSPS) is 11.9. The maximum atomic E-state index is 12.5. The van der Waals surface area contributed by atoms with E-state index in [0.717, 1.165) is 29.1 Å². The van der Waals surface area contributed by atoms with Gasteiger partial charge in [-0.3, -0.25) is 9.59 Å². The smallest absolute Gasteiger partial charge is 0.247 e. The van der Waals surface area contributed by atoms with Crippen molar-refractivity contribution in [3.05, 3.63) is 41.2 Å². The third kappa shape index (κ3) is 5.18. The third-order valence-electron chi connectivity index (χ3n) is 4.70. The highest BCUT2D eigenvalue weighted by Gasteiger charge is 2.20. The molecule has 1 amide bonds. The Balaban J connectivity index is 1.94. The fourth-order valence-electron chi connectivity index (χ4n) is 3.17. The SMILES string of the molecule is CCOc1ccc(NC(=O)CCC(=O)n2nc(C)c(C(C)CC)c2C)cc1. The number of anilines is 1. The number of ether oxygens (including phenoxy) is 1. The molecule has 0 fully saturated rings. The molecule has 0 saturated carbocycles. The van der Waals surface area contributed by atoms with Gasteiger partial charge in [-0.05, 0) is 62.9 Å². The zero-order valence-electron chi connectivity index (χ0n) is 16.8. The fraction of sp³-hybridized carbons (Fsp3) is 0.476. The van der Waals surface area contributed by atoms with Crippen molar-refractivity contribution in [2.75, 3.05) is 11.9 Å². The number of carbonyl (C=O) groups excluding carboxylic acids is 2. The van der Waals surface area contributed by atoms with Crippen LogP contribution in [0.25, 0.3) is 0 Å². The van der Waals surface area contributed by atoms with Crippen LogP contribution in [0.4, 0.5) is 5.69 Å². The van der Waals surface area contributed by atoms with Gasteiger partial charge in [-0.15, -0.1) is 0 Å². The Labute approximate surface area is 160 Å². The number of hydrogen-bond donors (Lipinski definition) is 1. The van der Waals surface area contributed by atoms with Gasteiger partial charge in [0.1, 0.15) is 5.75 Å². The lowest BCUT2D eigenvalue weighted by molar-refractivity contribution is -0.116. The molecule has 6 heteroatoms. The Kier molecular flexibility index (Phi) is 7.16. The second-order valence-electron chi connectivity index (χ2n) is 6.70. The molecule has 0 aliphatic carbocycles. The molecule has 0 radical (unpaired) electrons. The van der Waals surface area contributed by atoms with E-state index in [1.54, 1.807) is 24.3 Å². The molecule has 1 unspecified atom stereocenters. The van der Waals surface area contributed by atoms with Crippen LogP contribution in [0.1, 0.15) is 67.7 Å². The summed E-state index contributed by atoms with van der Waals surface area (Å²) >= 11 is 0. The molecular weight excluding hydrogens is 342 g/mol. The summed E-state index contributed by atoms with van der Waals surface area (Å²) in [6.45, 7) is 10.6. The molecule has 2 rings (SSSR count). The molecule has 1 aromatic carbocycles. The van der Waals surface area contributed by atoms with Gasteiger partial charge in [0.05, 0.1) is 12.3 Å². The maximum absolute atomic E-state index is 12.5. The molecular formula is C21H29N3O3. The fourth-order valence-corrected chi connectivity index (χ4v) is 3.17. The predicted octanol–water partition coefficient (Wildman–Crippen LogP) is 4.47. The summed E-state index contributed by atoms with van der Waals surface area (Å²) in [5, 5.41) is 7.19. The lowest BCUT2D eigenvalue weighted by atomic mass is 9.97. The topological polar surface area (TPSA) is 73.2 Å². The van der Waals surface area contributed by atoms with Crippen molar-refractivity contribution in [3.8, 4) is 5.75 Å². The number of carbonyl (C=O) groups is 2. The molecule has 1 N–H and O–H groups in total. The lowest BCUT2D eigenvalue weighted by Crippen LogP contribution is -2.18. The minimum atomic E-state index is -0.198. The Bertz CT molecular complexity index is 794. The number of benzene rings is 1. The van der Waals surface area contributed by atoms with E-state index in [9.17, 15) is 9.59 Å². The van der Waals surface area contributed by atoms with Gasteiger partial charge >= 0.3 is 0 Å². The van der Waals surface area contributed by atoms with Gasteiger partial charge in [-0.25, -0.2) is 4.68 Å². The molecule has 0 bridgehead atoms. The highest BCUT2D eigenvalue weighted by atomic mass is 16.5. The molecule has 0 spiro atoms. The summed E-state index contributed by atoms with van der Waals surface area (Å²) in [6, 6.07) is 7.17. The molecule has 2 aromatic rings. The van der Waals surface area contributed by atoms with Crippen LogP contribution in [0, 0.1) is 13.8 Å². The van der Waals surface area contributed by atoms with Crippen molar-refractivity contribution in [1.82, 2.24) is 9.78 Å². The molecule has 146 valence electrons. The number of hydrogen-bond acceptors (Lipinski definition) is 4. The van der Waals surface area contributed by atoms with Crippen molar-refractivity contribution < 1.29 is 14.3 Å². The highest BCUT2D eigenvalue weighted by molar-refractivity contribution is 5.93. The van der Waals surface area contributed by atoms with Crippen LogP contribution in [0.3, 0.4) is 0 Å². The average Bonchev–Trinajstić information content (AvgIpc) is 2.95. The predicted molar refractivity (Wildman–Crippen MR) is 107 cm³/mol. The first-order chi connectivity index (χ1) is 12.9. The van der Waals surface area contributed by atoms with Crippen LogP contribution < -0.4 is 10.1 Å². The van der Waals surface area contributed by atoms with Crippen molar-refractivity contribution >= 4 is 17.5 Å². The number of nitrogens with zero attached hydrogens (tertiary/aromatic N) is 2. The minimum absolute atomic E-state index is 0.114. The van der Waals surface area contributed by atoms with Crippen molar-refractivity contribution in [3.63, 3.8) is 0 Å². The first kappa shape index (κ1) is 20.7. The van der Waals surface area contributed by atoms with Gasteiger partial charge in [0.15, 0.2) is 0 Å².